The topological polar surface area (TPSA) is 61.3 Å². The second kappa shape index (κ2) is 8.01. The van der Waals surface area contributed by atoms with Crippen LogP contribution < -0.4 is 10.2 Å². The smallest absolute Gasteiger partial charge is 0.134 e. The van der Waals surface area contributed by atoms with Crippen molar-refractivity contribution in [3.63, 3.8) is 0 Å². The molecule has 2 heterocycles. The van der Waals surface area contributed by atoms with Crippen LogP contribution in [0.3, 0.4) is 0 Å². The summed E-state index contributed by atoms with van der Waals surface area (Å²) in [5.41, 5.74) is 1.08. The number of halogens is 2. The minimum atomic E-state index is 0.154. The quantitative estimate of drug-likeness (QED) is 0.820. The number of aromatic nitrogens is 2. The van der Waals surface area contributed by atoms with Crippen LogP contribution in [-0.2, 0) is 6.42 Å². The average Bonchev–Trinajstić information content (AvgIpc) is 3.03. The summed E-state index contributed by atoms with van der Waals surface area (Å²) in [6, 6.07) is 7.64. The number of nitrogens with zero attached hydrogens (tertiary/aromatic N) is 3. The summed E-state index contributed by atoms with van der Waals surface area (Å²) < 4.78 is 0. The summed E-state index contributed by atoms with van der Waals surface area (Å²) in [4.78, 5) is 10.7. The van der Waals surface area contributed by atoms with Gasteiger partial charge in [-0.2, -0.15) is 0 Å². The Kier molecular flexibility index (Phi) is 5.76. The first-order valence-corrected chi connectivity index (χ1v) is 8.79. The van der Waals surface area contributed by atoms with E-state index in [4.69, 9.17) is 23.2 Å². The van der Waals surface area contributed by atoms with E-state index in [-0.39, 0.29) is 12.6 Å². The van der Waals surface area contributed by atoms with Crippen molar-refractivity contribution in [2.45, 2.75) is 25.3 Å². The molecule has 1 aliphatic heterocycles. The van der Waals surface area contributed by atoms with Gasteiger partial charge in [-0.15, -0.1) is 0 Å². The van der Waals surface area contributed by atoms with Crippen molar-refractivity contribution in [3.05, 3.63) is 46.2 Å². The van der Waals surface area contributed by atoms with E-state index in [2.05, 4.69) is 20.2 Å². The average molecular weight is 367 g/mol. The first kappa shape index (κ1) is 17.3. The van der Waals surface area contributed by atoms with Crippen molar-refractivity contribution in [2.75, 3.05) is 29.9 Å². The predicted octanol–water partition coefficient (Wildman–Crippen LogP) is 3.40. The number of hydrogen-bond acceptors (Lipinski definition) is 5. The Hall–Kier alpha value is -1.56. The van der Waals surface area contributed by atoms with E-state index in [1.54, 1.807) is 12.4 Å². The second-order valence-corrected chi connectivity index (χ2v) is 6.76. The molecule has 1 atom stereocenters. The van der Waals surface area contributed by atoms with Crippen molar-refractivity contribution >= 4 is 34.8 Å². The van der Waals surface area contributed by atoms with Crippen molar-refractivity contribution < 1.29 is 5.11 Å². The van der Waals surface area contributed by atoms with Gasteiger partial charge in [0, 0.05) is 29.2 Å². The molecule has 1 aromatic carbocycles. The van der Waals surface area contributed by atoms with Gasteiger partial charge < -0.3 is 15.3 Å². The maximum Gasteiger partial charge on any atom is 0.134 e. The van der Waals surface area contributed by atoms with Crippen LogP contribution in [0.1, 0.15) is 18.4 Å². The molecular weight excluding hydrogens is 347 g/mol. The summed E-state index contributed by atoms with van der Waals surface area (Å²) in [6.07, 6.45) is 4.43. The monoisotopic (exact) mass is 366 g/mol. The fourth-order valence-electron chi connectivity index (χ4n) is 3.02. The fraction of sp³-hybridized carbons (Fsp3) is 0.412. The van der Waals surface area contributed by atoms with E-state index >= 15 is 0 Å². The van der Waals surface area contributed by atoms with Gasteiger partial charge in [-0.3, -0.25) is 0 Å². The van der Waals surface area contributed by atoms with E-state index in [0.29, 0.717) is 10.0 Å². The van der Waals surface area contributed by atoms with E-state index in [0.717, 1.165) is 49.6 Å². The van der Waals surface area contributed by atoms with Gasteiger partial charge in [-0.1, -0.05) is 23.2 Å². The lowest BCUT2D eigenvalue weighted by molar-refractivity contribution is 0.266. The van der Waals surface area contributed by atoms with Crippen LogP contribution in [0.25, 0.3) is 0 Å². The first-order chi connectivity index (χ1) is 11.7. The van der Waals surface area contributed by atoms with Gasteiger partial charge in [-0.25, -0.2) is 9.97 Å². The van der Waals surface area contributed by atoms with E-state index < -0.39 is 0 Å². The Bertz CT molecular complexity index is 678. The molecule has 1 aromatic heterocycles. The zero-order valence-electron chi connectivity index (χ0n) is 13.3. The highest BCUT2D eigenvalue weighted by Crippen LogP contribution is 2.24. The Morgan fingerprint density at radius 3 is 2.71 bits per heavy atom. The normalized spacial score (nSPS) is 17.3. The summed E-state index contributed by atoms with van der Waals surface area (Å²) in [5, 5.41) is 14.0. The molecule has 128 valence electrons. The molecule has 0 bridgehead atoms. The Balaban J connectivity index is 1.60. The minimum absolute atomic E-state index is 0.154. The van der Waals surface area contributed by atoms with Gasteiger partial charge in [-0.05, 0) is 43.0 Å². The number of hydrogen-bond donors (Lipinski definition) is 2. The molecular formula is C17H20Cl2N4O. The van der Waals surface area contributed by atoms with Gasteiger partial charge >= 0.3 is 0 Å². The second-order valence-electron chi connectivity index (χ2n) is 5.89. The highest BCUT2D eigenvalue weighted by Gasteiger charge is 2.25. The van der Waals surface area contributed by atoms with Crippen LogP contribution in [0, 0.1) is 0 Å². The molecule has 1 unspecified atom stereocenters. The third-order valence-electron chi connectivity index (χ3n) is 4.18. The van der Waals surface area contributed by atoms with Crippen LogP contribution in [0.4, 0.5) is 11.6 Å². The molecule has 5 nitrogen and oxygen atoms in total. The Morgan fingerprint density at radius 2 is 1.96 bits per heavy atom. The van der Waals surface area contributed by atoms with E-state index in [1.807, 2.05) is 18.2 Å². The zero-order valence-corrected chi connectivity index (χ0v) is 14.8. The van der Waals surface area contributed by atoms with Crippen molar-refractivity contribution in [1.82, 2.24) is 9.97 Å². The van der Waals surface area contributed by atoms with Crippen LogP contribution >= 0.6 is 23.2 Å². The van der Waals surface area contributed by atoms with Gasteiger partial charge in [0.05, 0.1) is 12.6 Å². The standard InChI is InChI=1S/C17H20Cl2N4O/c18-13-6-12(7-14(19)8-13)3-4-20-16-9-17(22-11-21-16)23-5-1-2-15(23)10-24/h6-9,11,15,24H,1-5,10H2,(H,20,21,22). The number of anilines is 2. The van der Waals surface area contributed by atoms with E-state index in [1.165, 1.54) is 0 Å². The lowest BCUT2D eigenvalue weighted by Crippen LogP contribution is -2.32. The maximum absolute atomic E-state index is 9.46. The van der Waals surface area contributed by atoms with Crippen LogP contribution in [-0.4, -0.2) is 40.8 Å². The van der Waals surface area contributed by atoms with Crippen LogP contribution in [0.15, 0.2) is 30.6 Å². The fourth-order valence-corrected chi connectivity index (χ4v) is 3.59. The molecule has 1 saturated heterocycles. The predicted molar refractivity (Wildman–Crippen MR) is 98.1 cm³/mol. The number of aliphatic hydroxyl groups excluding tert-OH is 1. The zero-order chi connectivity index (χ0) is 16.9. The van der Waals surface area contributed by atoms with Gasteiger partial charge in [0.15, 0.2) is 0 Å². The third-order valence-corrected chi connectivity index (χ3v) is 4.61. The summed E-state index contributed by atoms with van der Waals surface area (Å²) in [5.74, 6) is 1.63. The van der Waals surface area contributed by atoms with Crippen LogP contribution in [0.5, 0.6) is 0 Å². The molecule has 1 aliphatic rings. The molecule has 24 heavy (non-hydrogen) atoms. The maximum atomic E-state index is 9.46. The van der Waals surface area contributed by atoms with Crippen molar-refractivity contribution in [1.29, 1.82) is 0 Å². The molecule has 0 spiro atoms. The molecule has 0 saturated carbocycles. The van der Waals surface area contributed by atoms with Gasteiger partial charge in [0.25, 0.3) is 0 Å². The van der Waals surface area contributed by atoms with Gasteiger partial charge in [0.2, 0.25) is 0 Å². The largest absolute Gasteiger partial charge is 0.394 e. The summed E-state index contributed by atoms with van der Waals surface area (Å²) in [6.45, 7) is 1.79. The van der Waals surface area contributed by atoms with Crippen molar-refractivity contribution in [3.8, 4) is 0 Å². The molecule has 3 rings (SSSR count). The highest BCUT2D eigenvalue weighted by molar-refractivity contribution is 6.34. The van der Waals surface area contributed by atoms with E-state index in [9.17, 15) is 5.11 Å². The molecule has 1 fully saturated rings. The lowest BCUT2D eigenvalue weighted by atomic mass is 10.1. The first-order valence-electron chi connectivity index (χ1n) is 8.04. The number of benzene rings is 1. The molecule has 7 heteroatoms. The Morgan fingerprint density at radius 1 is 1.17 bits per heavy atom. The third kappa shape index (κ3) is 4.29. The molecule has 2 N–H and O–H groups in total. The SMILES string of the molecule is OCC1CCCN1c1cc(NCCc2cc(Cl)cc(Cl)c2)ncn1. The number of nitrogens with one attached hydrogen (secondary N) is 1. The molecule has 2 aromatic rings. The molecule has 0 aliphatic carbocycles. The number of aliphatic hydroxyl groups is 1. The van der Waals surface area contributed by atoms with Crippen molar-refractivity contribution in [2.24, 2.45) is 0 Å². The van der Waals surface area contributed by atoms with Gasteiger partial charge in [0.1, 0.15) is 18.0 Å². The molecule has 0 radical (unpaired) electrons. The molecule has 0 amide bonds. The Labute approximate surface area is 151 Å². The summed E-state index contributed by atoms with van der Waals surface area (Å²) in [7, 11) is 0. The highest BCUT2D eigenvalue weighted by atomic mass is 35.5. The minimum Gasteiger partial charge on any atom is -0.394 e. The number of rotatable bonds is 6. The van der Waals surface area contributed by atoms with Crippen LogP contribution in [0.2, 0.25) is 10.0 Å². The lowest BCUT2D eigenvalue weighted by Gasteiger charge is -2.24. The summed E-state index contributed by atoms with van der Waals surface area (Å²) >= 11 is 12.0.